The molecule has 0 radical (unpaired) electrons. The fourth-order valence-corrected chi connectivity index (χ4v) is 2.20. The van der Waals surface area contributed by atoms with E-state index in [1.54, 1.807) is 25.1 Å². The zero-order valence-electron chi connectivity index (χ0n) is 9.72. The van der Waals surface area contributed by atoms with Gasteiger partial charge in [0, 0.05) is 11.4 Å². The quantitative estimate of drug-likeness (QED) is 0.895. The molecule has 6 heteroatoms. The van der Waals surface area contributed by atoms with E-state index in [1.165, 1.54) is 0 Å². The van der Waals surface area contributed by atoms with Crippen LogP contribution in [-0.4, -0.2) is 29.8 Å². The Kier molecular flexibility index (Phi) is 3.43. The van der Waals surface area contributed by atoms with Gasteiger partial charge >= 0.3 is 12.1 Å². The highest BCUT2D eigenvalue weighted by Gasteiger charge is 2.36. The number of carbonyl (C=O) groups is 2. The molecule has 1 aromatic rings. The van der Waals surface area contributed by atoms with Gasteiger partial charge in [0.05, 0.1) is 12.3 Å². The number of hydrogen-bond donors (Lipinski definition) is 1. The van der Waals surface area contributed by atoms with Crippen molar-refractivity contribution in [2.75, 3.05) is 11.5 Å². The average molecular weight is 270 g/mol. The van der Waals surface area contributed by atoms with E-state index in [1.807, 2.05) is 0 Å². The van der Waals surface area contributed by atoms with E-state index in [9.17, 15) is 9.59 Å². The van der Waals surface area contributed by atoms with Gasteiger partial charge in [0.2, 0.25) is 0 Å². The van der Waals surface area contributed by atoms with E-state index in [-0.39, 0.29) is 13.0 Å². The summed E-state index contributed by atoms with van der Waals surface area (Å²) >= 11 is 5.84. The first-order chi connectivity index (χ1) is 8.50. The van der Waals surface area contributed by atoms with Gasteiger partial charge in [0.15, 0.2) is 0 Å². The number of hydrogen-bond acceptors (Lipinski definition) is 3. The minimum Gasteiger partial charge on any atom is -0.480 e. The molecule has 1 aliphatic heterocycles. The number of halogens is 1. The van der Waals surface area contributed by atoms with Crippen molar-refractivity contribution in [1.29, 1.82) is 0 Å². The molecule has 1 fully saturated rings. The lowest BCUT2D eigenvalue weighted by molar-refractivity contribution is -0.139. The number of aryl methyl sites for hydroxylation is 1. The molecular weight excluding hydrogens is 258 g/mol. The Morgan fingerprint density at radius 2 is 2.28 bits per heavy atom. The summed E-state index contributed by atoms with van der Waals surface area (Å²) in [5, 5.41) is 9.69. The summed E-state index contributed by atoms with van der Waals surface area (Å²) in [7, 11) is 0. The second-order valence-corrected chi connectivity index (χ2v) is 4.49. The van der Waals surface area contributed by atoms with Crippen LogP contribution < -0.4 is 4.90 Å². The number of anilines is 1. The lowest BCUT2D eigenvalue weighted by Crippen LogP contribution is -2.50. The van der Waals surface area contributed by atoms with Gasteiger partial charge in [-0.2, -0.15) is 0 Å². The van der Waals surface area contributed by atoms with E-state index in [0.29, 0.717) is 10.7 Å². The molecule has 1 aliphatic rings. The van der Waals surface area contributed by atoms with E-state index in [2.05, 4.69) is 0 Å². The smallest absolute Gasteiger partial charge is 0.415 e. The fourth-order valence-electron chi connectivity index (χ4n) is 1.97. The molecule has 1 amide bonds. The number of cyclic esters (lactones) is 1. The van der Waals surface area contributed by atoms with Crippen LogP contribution in [0.5, 0.6) is 0 Å². The second kappa shape index (κ2) is 4.86. The van der Waals surface area contributed by atoms with Crippen molar-refractivity contribution in [1.82, 2.24) is 0 Å². The molecule has 1 atom stereocenters. The molecule has 0 aliphatic carbocycles. The normalized spacial score (nSPS) is 19.6. The van der Waals surface area contributed by atoms with E-state index in [0.717, 1.165) is 10.5 Å². The third kappa shape index (κ3) is 2.26. The first-order valence-electron chi connectivity index (χ1n) is 5.45. The molecule has 1 aromatic carbocycles. The number of amides is 1. The van der Waals surface area contributed by atoms with Crippen LogP contribution in [0.1, 0.15) is 12.0 Å². The average Bonchev–Trinajstić information content (AvgIpc) is 2.29. The number of aliphatic carboxylic acids is 1. The van der Waals surface area contributed by atoms with Crippen molar-refractivity contribution in [3.05, 3.63) is 28.8 Å². The summed E-state index contributed by atoms with van der Waals surface area (Å²) in [4.78, 5) is 24.1. The number of nitrogens with zero attached hydrogens (tertiary/aromatic N) is 1. The molecule has 18 heavy (non-hydrogen) atoms. The van der Waals surface area contributed by atoms with E-state index < -0.39 is 18.1 Å². The summed E-state index contributed by atoms with van der Waals surface area (Å²) in [6, 6.07) is 4.02. The third-order valence-corrected chi connectivity index (χ3v) is 3.06. The van der Waals surface area contributed by atoms with Crippen LogP contribution >= 0.6 is 11.6 Å². The number of benzene rings is 1. The lowest BCUT2D eigenvalue weighted by Gasteiger charge is -2.33. The third-order valence-electron chi connectivity index (χ3n) is 2.83. The number of ether oxygens (including phenoxy) is 1. The highest BCUT2D eigenvalue weighted by atomic mass is 35.5. The number of carboxylic acid groups (broad SMARTS) is 1. The molecular formula is C12H12ClNO4. The van der Waals surface area contributed by atoms with Gasteiger partial charge in [-0.15, -0.1) is 0 Å². The Labute approximate surface area is 109 Å². The molecule has 1 N–H and O–H groups in total. The lowest BCUT2D eigenvalue weighted by atomic mass is 10.1. The maximum Gasteiger partial charge on any atom is 0.415 e. The standard InChI is InChI=1S/C12H12ClNO4/c1-7-6-8(13)2-3-9(7)14-10(11(15)16)4-5-18-12(14)17/h2-3,6,10H,4-5H2,1H3,(H,15,16). The van der Waals surface area contributed by atoms with Crippen LogP contribution in [0.25, 0.3) is 0 Å². The highest BCUT2D eigenvalue weighted by molar-refractivity contribution is 6.30. The van der Waals surface area contributed by atoms with Crippen molar-refractivity contribution in [2.45, 2.75) is 19.4 Å². The minimum absolute atomic E-state index is 0.124. The first-order valence-corrected chi connectivity index (χ1v) is 5.83. The van der Waals surface area contributed by atoms with Crippen molar-refractivity contribution < 1.29 is 19.4 Å². The number of carbonyl (C=O) groups excluding carboxylic acids is 1. The van der Waals surface area contributed by atoms with Crippen LogP contribution in [0.2, 0.25) is 5.02 Å². The summed E-state index contributed by atoms with van der Waals surface area (Å²) in [6.45, 7) is 1.89. The van der Waals surface area contributed by atoms with Crippen molar-refractivity contribution in [2.24, 2.45) is 0 Å². The molecule has 1 unspecified atom stereocenters. The Morgan fingerprint density at radius 3 is 2.89 bits per heavy atom. The molecule has 96 valence electrons. The topological polar surface area (TPSA) is 66.8 Å². The Bertz CT molecular complexity index is 503. The Balaban J connectivity index is 2.43. The van der Waals surface area contributed by atoms with Crippen LogP contribution in [0.3, 0.4) is 0 Å². The van der Waals surface area contributed by atoms with Gasteiger partial charge in [-0.25, -0.2) is 9.59 Å². The largest absolute Gasteiger partial charge is 0.480 e. The monoisotopic (exact) mass is 269 g/mol. The molecule has 1 heterocycles. The first kappa shape index (κ1) is 12.7. The number of rotatable bonds is 2. The van der Waals surface area contributed by atoms with Crippen molar-refractivity contribution in [3.63, 3.8) is 0 Å². The van der Waals surface area contributed by atoms with Crippen molar-refractivity contribution >= 4 is 29.4 Å². The fraction of sp³-hybridized carbons (Fsp3) is 0.333. The predicted molar refractivity (Wildman–Crippen MR) is 66.1 cm³/mol. The van der Waals surface area contributed by atoms with Gasteiger partial charge in [-0.1, -0.05) is 11.6 Å². The van der Waals surface area contributed by atoms with Crippen LogP contribution in [0, 0.1) is 6.92 Å². The zero-order chi connectivity index (χ0) is 13.3. The minimum atomic E-state index is -1.04. The molecule has 1 saturated heterocycles. The molecule has 0 bridgehead atoms. The summed E-state index contributed by atoms with van der Waals surface area (Å²) in [6.07, 6.45) is -0.373. The van der Waals surface area contributed by atoms with Gasteiger partial charge in [-0.05, 0) is 30.7 Å². The second-order valence-electron chi connectivity index (χ2n) is 4.06. The van der Waals surface area contributed by atoms with Crippen LogP contribution in [0.15, 0.2) is 18.2 Å². The Hall–Kier alpha value is -1.75. The highest BCUT2D eigenvalue weighted by Crippen LogP contribution is 2.28. The van der Waals surface area contributed by atoms with Crippen LogP contribution in [0.4, 0.5) is 10.5 Å². The molecule has 0 spiro atoms. The SMILES string of the molecule is Cc1cc(Cl)ccc1N1C(=O)OCCC1C(=O)O. The summed E-state index contributed by atoms with van der Waals surface area (Å²) < 4.78 is 4.90. The zero-order valence-corrected chi connectivity index (χ0v) is 10.5. The van der Waals surface area contributed by atoms with Crippen LogP contribution in [-0.2, 0) is 9.53 Å². The Morgan fingerprint density at radius 1 is 1.56 bits per heavy atom. The maximum atomic E-state index is 11.8. The van der Waals surface area contributed by atoms with E-state index in [4.69, 9.17) is 21.4 Å². The molecule has 2 rings (SSSR count). The van der Waals surface area contributed by atoms with Gasteiger partial charge < -0.3 is 9.84 Å². The summed E-state index contributed by atoms with van der Waals surface area (Å²) in [5.74, 6) is -1.04. The van der Waals surface area contributed by atoms with E-state index >= 15 is 0 Å². The van der Waals surface area contributed by atoms with Crippen molar-refractivity contribution in [3.8, 4) is 0 Å². The summed E-state index contributed by atoms with van der Waals surface area (Å²) in [5.41, 5.74) is 1.24. The van der Waals surface area contributed by atoms with Gasteiger partial charge in [-0.3, -0.25) is 4.90 Å². The van der Waals surface area contributed by atoms with Gasteiger partial charge in [0.1, 0.15) is 6.04 Å². The molecule has 0 saturated carbocycles. The molecule has 5 nitrogen and oxygen atoms in total. The molecule has 0 aromatic heterocycles. The predicted octanol–water partition coefficient (Wildman–Crippen LogP) is 2.45. The maximum absolute atomic E-state index is 11.8. The number of carboxylic acids is 1. The van der Waals surface area contributed by atoms with Gasteiger partial charge in [0.25, 0.3) is 0 Å².